The fourth-order valence-corrected chi connectivity index (χ4v) is 7.87. The second-order valence-electron chi connectivity index (χ2n) is 18.7. The van der Waals surface area contributed by atoms with Crippen LogP contribution in [0.5, 0.6) is 0 Å². The largest absolute Gasteiger partial charge is 0.414 e. The quantitative estimate of drug-likeness (QED) is 0.0487. The summed E-state index contributed by atoms with van der Waals surface area (Å²) in [5.41, 5.74) is 0. The summed E-state index contributed by atoms with van der Waals surface area (Å²) in [7, 11) is 1.66. The number of aliphatic hydroxyl groups is 1. The fraction of sp³-hybridized carbons (Fsp3) is 1.00. The zero-order valence-electron chi connectivity index (χ0n) is 40.5. The van der Waals surface area contributed by atoms with Crippen molar-refractivity contribution < 1.29 is 28.5 Å². The van der Waals surface area contributed by atoms with E-state index in [1.165, 1.54) is 193 Å². The summed E-state index contributed by atoms with van der Waals surface area (Å²) in [6.45, 7) is 19.4. The Morgan fingerprint density at radius 2 is 0.667 bits per heavy atom. The molecule has 0 saturated carbocycles. The molecule has 0 rings (SSSR count). The van der Waals surface area contributed by atoms with Gasteiger partial charge in [0.1, 0.15) is 12.2 Å². The van der Waals surface area contributed by atoms with Crippen LogP contribution in [0.15, 0.2) is 0 Å². The Morgan fingerprint density at radius 1 is 0.404 bits per heavy atom. The molecular formula is C50H106O6Si. The zero-order valence-corrected chi connectivity index (χ0v) is 41.5. The van der Waals surface area contributed by atoms with Gasteiger partial charge in [0.05, 0.1) is 26.4 Å². The smallest absolute Gasteiger partial charge is 0.192 e. The summed E-state index contributed by atoms with van der Waals surface area (Å²) in [6, 6.07) is 0. The molecule has 2 atom stereocenters. The Kier molecular flexibility index (Phi) is 47.2. The van der Waals surface area contributed by atoms with Gasteiger partial charge in [-0.1, -0.05) is 227 Å². The standard InChI is InChI=1S/C28H60O3Si.C22H46O3/c1-8-9-10-11-12-13-14-15-16-17-18-19-20-21-22-23-24-30-25-27(29-5)26-31-32(6,7)28(2,3)4;1-3-4-5-6-7-8-9-10-11-12-13-14-15-16-17-18-19-25-21-22(20-23)24-2/h27H,8-26H2,1-7H3;22-23H,3-21H2,1-2H3/t27-;22-/m10/s1. The summed E-state index contributed by atoms with van der Waals surface area (Å²) in [5, 5.41) is 9.20. The van der Waals surface area contributed by atoms with E-state index in [-0.39, 0.29) is 23.9 Å². The van der Waals surface area contributed by atoms with Crippen LogP contribution in [0.1, 0.15) is 240 Å². The Morgan fingerprint density at radius 3 is 0.912 bits per heavy atom. The molecule has 57 heavy (non-hydrogen) atoms. The molecular weight excluding hydrogens is 725 g/mol. The molecule has 0 aliphatic rings. The van der Waals surface area contributed by atoms with Gasteiger partial charge in [-0.05, 0) is 31.0 Å². The van der Waals surface area contributed by atoms with Gasteiger partial charge in [0.15, 0.2) is 8.32 Å². The molecule has 0 fully saturated rings. The number of rotatable bonds is 44. The first-order valence-corrected chi connectivity index (χ1v) is 28.0. The molecule has 0 amide bonds. The molecule has 0 radical (unpaired) electrons. The van der Waals surface area contributed by atoms with Crippen LogP contribution in [0.25, 0.3) is 0 Å². The van der Waals surface area contributed by atoms with Crippen LogP contribution in [0.4, 0.5) is 0 Å². The van der Waals surface area contributed by atoms with Crippen LogP contribution in [0.2, 0.25) is 18.1 Å². The van der Waals surface area contributed by atoms with Gasteiger partial charge in [0.25, 0.3) is 0 Å². The van der Waals surface area contributed by atoms with Crippen LogP contribution >= 0.6 is 0 Å². The molecule has 0 unspecified atom stereocenters. The van der Waals surface area contributed by atoms with E-state index in [4.69, 9.17) is 28.5 Å². The molecule has 0 aliphatic carbocycles. The van der Waals surface area contributed by atoms with Gasteiger partial charge in [-0.25, -0.2) is 0 Å². The van der Waals surface area contributed by atoms with E-state index in [1.54, 1.807) is 14.2 Å². The van der Waals surface area contributed by atoms with E-state index in [1.807, 2.05) is 0 Å². The van der Waals surface area contributed by atoms with Crippen molar-refractivity contribution in [3.8, 4) is 0 Å². The zero-order chi connectivity index (χ0) is 42.6. The minimum absolute atomic E-state index is 0.0372. The second-order valence-corrected chi connectivity index (χ2v) is 23.5. The molecule has 0 aromatic rings. The maximum Gasteiger partial charge on any atom is 0.192 e. The van der Waals surface area contributed by atoms with Crippen LogP contribution in [0, 0.1) is 0 Å². The molecule has 6 nitrogen and oxygen atoms in total. The van der Waals surface area contributed by atoms with E-state index in [2.05, 4.69) is 47.7 Å². The molecule has 0 spiro atoms. The predicted molar refractivity (Wildman–Crippen MR) is 253 cm³/mol. The summed E-state index contributed by atoms with van der Waals surface area (Å²) < 4.78 is 28.3. The van der Waals surface area contributed by atoms with E-state index in [0.29, 0.717) is 19.8 Å². The Labute approximate surface area is 359 Å². The minimum atomic E-state index is -1.71. The van der Waals surface area contributed by atoms with Gasteiger partial charge >= 0.3 is 0 Å². The first-order valence-electron chi connectivity index (χ1n) is 25.0. The highest BCUT2D eigenvalue weighted by Gasteiger charge is 2.37. The van der Waals surface area contributed by atoms with Gasteiger partial charge in [0, 0.05) is 27.4 Å². The monoisotopic (exact) mass is 831 g/mol. The van der Waals surface area contributed by atoms with Gasteiger partial charge in [-0.3, -0.25) is 0 Å². The highest BCUT2D eigenvalue weighted by molar-refractivity contribution is 6.74. The number of ether oxygens (including phenoxy) is 4. The van der Waals surface area contributed by atoms with E-state index < -0.39 is 8.32 Å². The lowest BCUT2D eigenvalue weighted by Gasteiger charge is -2.37. The van der Waals surface area contributed by atoms with Crippen molar-refractivity contribution in [3.05, 3.63) is 0 Å². The van der Waals surface area contributed by atoms with Gasteiger partial charge in [0.2, 0.25) is 0 Å². The molecule has 0 bridgehead atoms. The number of hydrogen-bond acceptors (Lipinski definition) is 6. The topological polar surface area (TPSA) is 66.4 Å². The number of hydrogen-bond donors (Lipinski definition) is 1. The van der Waals surface area contributed by atoms with E-state index in [0.717, 1.165) is 26.1 Å². The third-order valence-electron chi connectivity index (χ3n) is 12.2. The van der Waals surface area contributed by atoms with Crippen LogP contribution in [-0.4, -0.2) is 79.5 Å². The molecule has 0 aromatic carbocycles. The lowest BCUT2D eigenvalue weighted by Crippen LogP contribution is -2.43. The maximum atomic E-state index is 8.96. The van der Waals surface area contributed by atoms with Gasteiger partial charge in [-0.15, -0.1) is 0 Å². The fourth-order valence-electron chi connectivity index (χ4n) is 6.83. The first-order chi connectivity index (χ1) is 27.6. The lowest BCUT2D eigenvalue weighted by atomic mass is 10.0. The third kappa shape index (κ3) is 43.9. The Balaban J connectivity index is 0. The molecule has 0 aliphatic heterocycles. The van der Waals surface area contributed by atoms with Crippen LogP contribution in [-0.2, 0) is 23.4 Å². The van der Waals surface area contributed by atoms with Gasteiger partial charge < -0.3 is 28.5 Å². The average molecular weight is 831 g/mol. The molecule has 0 saturated heterocycles. The van der Waals surface area contributed by atoms with E-state index >= 15 is 0 Å². The van der Waals surface area contributed by atoms with Crippen molar-refractivity contribution in [3.63, 3.8) is 0 Å². The van der Waals surface area contributed by atoms with Crippen molar-refractivity contribution in [2.24, 2.45) is 0 Å². The van der Waals surface area contributed by atoms with Crippen molar-refractivity contribution in [2.45, 2.75) is 270 Å². The van der Waals surface area contributed by atoms with Gasteiger partial charge in [-0.2, -0.15) is 0 Å². The summed E-state index contributed by atoms with van der Waals surface area (Å²) >= 11 is 0. The first kappa shape index (κ1) is 59.1. The molecule has 346 valence electrons. The lowest BCUT2D eigenvalue weighted by molar-refractivity contribution is -0.0205. The average Bonchev–Trinajstić information content (AvgIpc) is 3.19. The molecule has 0 aromatic heterocycles. The van der Waals surface area contributed by atoms with Crippen LogP contribution in [0.3, 0.4) is 0 Å². The second kappa shape index (κ2) is 45.5. The summed E-state index contributed by atoms with van der Waals surface area (Å²) in [5.74, 6) is 0. The summed E-state index contributed by atoms with van der Waals surface area (Å²) in [4.78, 5) is 0. The molecule has 0 heterocycles. The highest BCUT2D eigenvalue weighted by atomic mass is 28.4. The van der Waals surface area contributed by atoms with Crippen molar-refractivity contribution in [1.82, 2.24) is 0 Å². The Bertz CT molecular complexity index is 741. The van der Waals surface area contributed by atoms with E-state index in [9.17, 15) is 0 Å². The van der Waals surface area contributed by atoms with Crippen molar-refractivity contribution in [2.75, 3.05) is 53.9 Å². The highest BCUT2D eigenvalue weighted by Crippen LogP contribution is 2.36. The third-order valence-corrected chi connectivity index (χ3v) is 16.7. The van der Waals surface area contributed by atoms with Crippen molar-refractivity contribution in [1.29, 1.82) is 0 Å². The van der Waals surface area contributed by atoms with Crippen molar-refractivity contribution >= 4 is 8.32 Å². The molecule has 7 heteroatoms. The number of unbranched alkanes of at least 4 members (excludes halogenated alkanes) is 30. The normalized spacial score (nSPS) is 13.2. The summed E-state index contributed by atoms with van der Waals surface area (Å²) in [6.07, 6.45) is 44.5. The minimum Gasteiger partial charge on any atom is -0.414 e. The maximum absolute atomic E-state index is 8.96. The van der Waals surface area contributed by atoms with Crippen LogP contribution < -0.4 is 0 Å². The SMILES string of the molecule is CCCCCCCCCCCCCCCCCCOC[C@H](CO)OC.CCCCCCCCCCCCCCCCCCOC[C@H](CO[Si](C)(C)C(C)(C)C)OC. The number of aliphatic hydroxyl groups excluding tert-OH is 1. The Hall–Kier alpha value is -0.0231. The molecule has 1 N–H and O–H groups in total. The number of methoxy groups -OCH3 is 2. The predicted octanol–water partition coefficient (Wildman–Crippen LogP) is 15.6.